The number of hydrogen-bond donors (Lipinski definition) is 0. The first-order chi connectivity index (χ1) is 9.27. The van der Waals surface area contributed by atoms with E-state index in [1.54, 1.807) is 0 Å². The Hall–Kier alpha value is -1.02. The fourth-order valence-electron chi connectivity index (χ4n) is 2.15. The Morgan fingerprint density at radius 2 is 1.80 bits per heavy atom. The van der Waals surface area contributed by atoms with Crippen molar-refractivity contribution in [1.82, 2.24) is 0 Å². The van der Waals surface area contributed by atoms with Gasteiger partial charge in [0.25, 0.3) is 0 Å². The maximum absolute atomic E-state index is 12.0. The Labute approximate surface area is 129 Å². The number of carbonyl (C=O) groups is 1. The molecule has 0 spiro atoms. The molecule has 0 aliphatic carbocycles. The maximum atomic E-state index is 12.0. The predicted molar refractivity (Wildman–Crippen MR) is 86.0 cm³/mol. The van der Waals surface area contributed by atoms with Crippen molar-refractivity contribution in [3.63, 3.8) is 0 Å². The fraction of sp³-hybridized carbons (Fsp3) is 0.588. The van der Waals surface area contributed by atoms with Crippen LogP contribution in [0.5, 0.6) is 0 Å². The van der Waals surface area contributed by atoms with Gasteiger partial charge in [-0.2, -0.15) is 0 Å². The molecule has 20 heavy (non-hydrogen) atoms. The monoisotopic (exact) mass is 298 g/mol. The summed E-state index contributed by atoms with van der Waals surface area (Å²) in [6, 6.07) is 9.86. The Morgan fingerprint density at radius 3 is 2.40 bits per heavy atom. The molecule has 1 aromatic carbocycles. The van der Waals surface area contributed by atoms with Gasteiger partial charge in [0.2, 0.25) is 0 Å². The number of unbranched alkanes of at least 4 members (excludes halogenated alkanes) is 3. The number of esters is 1. The molecule has 0 fully saturated rings. The predicted octanol–water partition coefficient (Wildman–Crippen LogP) is 5.15. The second-order valence-corrected chi connectivity index (χ2v) is 5.05. The molecule has 0 saturated carbocycles. The topological polar surface area (TPSA) is 26.3 Å². The molecule has 1 rings (SSSR count). The van der Waals surface area contributed by atoms with Gasteiger partial charge in [0, 0.05) is 0 Å². The number of halogens is 1. The van der Waals surface area contributed by atoms with Gasteiger partial charge in [-0.3, -0.25) is 4.79 Å². The van der Waals surface area contributed by atoms with Crippen molar-refractivity contribution in [1.29, 1.82) is 0 Å². The molecule has 0 heterocycles. The van der Waals surface area contributed by atoms with E-state index in [9.17, 15) is 4.79 Å². The summed E-state index contributed by atoms with van der Waals surface area (Å²) in [4.78, 5) is 12.0. The molecule has 1 aromatic rings. The van der Waals surface area contributed by atoms with Gasteiger partial charge in [-0.15, -0.1) is 12.4 Å². The lowest BCUT2D eigenvalue weighted by Gasteiger charge is -2.14. The molecule has 0 aliphatic rings. The molecule has 3 heteroatoms. The van der Waals surface area contributed by atoms with Crippen LogP contribution in [0, 0.1) is 5.92 Å². The van der Waals surface area contributed by atoms with E-state index in [1.165, 1.54) is 19.3 Å². The molecule has 0 amide bonds. The standard InChI is InChI=1S/C17H26O2.ClH/c1-3-5-6-10-13-16(4-2)17(18)19-14-15-11-8-7-9-12-15;/h7-9,11-12,16H,3-6,10,13-14H2,1-2H3;1H. The van der Waals surface area contributed by atoms with Gasteiger partial charge < -0.3 is 4.74 Å². The van der Waals surface area contributed by atoms with E-state index >= 15 is 0 Å². The zero-order valence-electron chi connectivity index (χ0n) is 12.6. The summed E-state index contributed by atoms with van der Waals surface area (Å²) in [7, 11) is 0. The average Bonchev–Trinajstić information content (AvgIpc) is 2.46. The van der Waals surface area contributed by atoms with Crippen molar-refractivity contribution < 1.29 is 9.53 Å². The van der Waals surface area contributed by atoms with E-state index < -0.39 is 0 Å². The van der Waals surface area contributed by atoms with Crippen LogP contribution < -0.4 is 0 Å². The fourth-order valence-corrected chi connectivity index (χ4v) is 2.15. The molecule has 114 valence electrons. The minimum absolute atomic E-state index is 0. The Balaban J connectivity index is 0.00000361. The highest BCUT2D eigenvalue weighted by Gasteiger charge is 2.17. The Morgan fingerprint density at radius 1 is 1.10 bits per heavy atom. The van der Waals surface area contributed by atoms with Crippen LogP contribution in [0.2, 0.25) is 0 Å². The zero-order valence-corrected chi connectivity index (χ0v) is 13.5. The minimum Gasteiger partial charge on any atom is -0.461 e. The van der Waals surface area contributed by atoms with Gasteiger partial charge in [-0.05, 0) is 18.4 Å². The molecule has 0 radical (unpaired) electrons. The summed E-state index contributed by atoms with van der Waals surface area (Å²) in [5.74, 6) is 0.0309. The molecular formula is C17H27ClO2. The van der Waals surface area contributed by atoms with Crippen LogP contribution in [0.15, 0.2) is 30.3 Å². The summed E-state index contributed by atoms with van der Waals surface area (Å²) in [6.07, 6.45) is 6.68. The van der Waals surface area contributed by atoms with Crippen molar-refractivity contribution >= 4 is 18.4 Å². The van der Waals surface area contributed by atoms with Crippen LogP contribution in [0.1, 0.15) is 57.9 Å². The number of hydrogen-bond acceptors (Lipinski definition) is 2. The van der Waals surface area contributed by atoms with Gasteiger partial charge >= 0.3 is 5.97 Å². The van der Waals surface area contributed by atoms with E-state index in [2.05, 4.69) is 13.8 Å². The molecule has 2 nitrogen and oxygen atoms in total. The lowest BCUT2D eigenvalue weighted by molar-refractivity contribution is -0.150. The van der Waals surface area contributed by atoms with Gasteiger partial charge in [0.1, 0.15) is 6.61 Å². The molecule has 0 aromatic heterocycles. The van der Waals surface area contributed by atoms with E-state index in [4.69, 9.17) is 4.74 Å². The third-order valence-electron chi connectivity index (χ3n) is 3.46. The third kappa shape index (κ3) is 7.54. The van der Waals surface area contributed by atoms with Crippen molar-refractivity contribution in [2.45, 2.75) is 59.0 Å². The van der Waals surface area contributed by atoms with Crippen LogP contribution >= 0.6 is 12.4 Å². The second-order valence-electron chi connectivity index (χ2n) is 5.05. The van der Waals surface area contributed by atoms with Gasteiger partial charge in [0.15, 0.2) is 0 Å². The van der Waals surface area contributed by atoms with E-state index in [0.29, 0.717) is 6.61 Å². The molecule has 0 saturated heterocycles. The minimum atomic E-state index is -0.0390. The first-order valence-corrected chi connectivity index (χ1v) is 7.48. The second kappa shape index (κ2) is 11.8. The summed E-state index contributed by atoms with van der Waals surface area (Å²) in [5.41, 5.74) is 1.05. The van der Waals surface area contributed by atoms with Crippen molar-refractivity contribution in [2.24, 2.45) is 5.92 Å². The van der Waals surface area contributed by atoms with E-state index in [1.807, 2.05) is 30.3 Å². The van der Waals surface area contributed by atoms with Crippen LogP contribution in [-0.4, -0.2) is 5.97 Å². The van der Waals surface area contributed by atoms with Crippen LogP contribution in [-0.2, 0) is 16.1 Å². The summed E-state index contributed by atoms with van der Waals surface area (Å²) < 4.78 is 5.40. The largest absolute Gasteiger partial charge is 0.461 e. The van der Waals surface area contributed by atoms with Gasteiger partial charge in [0.05, 0.1) is 5.92 Å². The van der Waals surface area contributed by atoms with E-state index in [-0.39, 0.29) is 24.3 Å². The molecule has 0 aliphatic heterocycles. The van der Waals surface area contributed by atoms with Gasteiger partial charge in [-0.25, -0.2) is 0 Å². The zero-order chi connectivity index (χ0) is 13.9. The van der Waals surface area contributed by atoms with Crippen LogP contribution in [0.3, 0.4) is 0 Å². The highest BCUT2D eigenvalue weighted by Crippen LogP contribution is 2.16. The average molecular weight is 299 g/mol. The van der Waals surface area contributed by atoms with Crippen molar-refractivity contribution in [2.75, 3.05) is 0 Å². The van der Waals surface area contributed by atoms with Crippen molar-refractivity contribution in [3.05, 3.63) is 35.9 Å². The SMILES string of the molecule is CCCCCCC(CC)C(=O)OCc1ccccc1.Cl. The summed E-state index contributed by atoms with van der Waals surface area (Å²) in [5, 5.41) is 0. The molecule has 0 bridgehead atoms. The van der Waals surface area contributed by atoms with E-state index in [0.717, 1.165) is 24.8 Å². The number of carbonyl (C=O) groups excluding carboxylic acids is 1. The highest BCUT2D eigenvalue weighted by molar-refractivity contribution is 5.85. The normalized spacial score (nSPS) is 11.5. The lowest BCUT2D eigenvalue weighted by Crippen LogP contribution is -2.17. The summed E-state index contributed by atoms with van der Waals surface area (Å²) >= 11 is 0. The maximum Gasteiger partial charge on any atom is 0.309 e. The lowest BCUT2D eigenvalue weighted by atomic mass is 9.98. The first kappa shape index (κ1) is 19.0. The van der Waals surface area contributed by atoms with Crippen molar-refractivity contribution in [3.8, 4) is 0 Å². The molecule has 1 atom stereocenters. The van der Waals surface area contributed by atoms with Crippen LogP contribution in [0.4, 0.5) is 0 Å². The summed E-state index contributed by atoms with van der Waals surface area (Å²) in [6.45, 7) is 4.66. The quantitative estimate of drug-likeness (QED) is 0.465. The number of ether oxygens (including phenoxy) is 1. The Kier molecular flexibility index (Phi) is 11.2. The number of benzene rings is 1. The Bertz CT molecular complexity index is 351. The molecule has 1 unspecified atom stereocenters. The third-order valence-corrected chi connectivity index (χ3v) is 3.46. The molecular weight excluding hydrogens is 272 g/mol. The van der Waals surface area contributed by atoms with Crippen LogP contribution in [0.25, 0.3) is 0 Å². The number of rotatable bonds is 9. The first-order valence-electron chi connectivity index (χ1n) is 7.48. The highest BCUT2D eigenvalue weighted by atomic mass is 35.5. The molecule has 0 N–H and O–H groups in total. The van der Waals surface area contributed by atoms with Gasteiger partial charge in [-0.1, -0.05) is 69.9 Å². The smallest absolute Gasteiger partial charge is 0.309 e.